The molecule has 2 heterocycles. The molecule has 1 aromatic heterocycles. The Labute approximate surface area is 200 Å². The highest BCUT2D eigenvalue weighted by Crippen LogP contribution is 2.21. The van der Waals surface area contributed by atoms with Gasteiger partial charge in [0.25, 0.3) is 0 Å². The minimum atomic E-state index is -0.433. The van der Waals surface area contributed by atoms with Crippen molar-refractivity contribution >= 4 is 10.9 Å². The maximum atomic E-state index is 13.5. The normalized spacial score (nSPS) is 13.9. The topological polar surface area (TPSA) is 69.8 Å². The van der Waals surface area contributed by atoms with E-state index < -0.39 is 5.82 Å². The molecule has 0 amide bonds. The van der Waals surface area contributed by atoms with Crippen molar-refractivity contribution in [2.75, 3.05) is 33.0 Å². The van der Waals surface area contributed by atoms with Crippen LogP contribution in [0.3, 0.4) is 0 Å². The molecule has 0 aliphatic carbocycles. The summed E-state index contributed by atoms with van der Waals surface area (Å²) in [6.07, 6.45) is 2.11. The molecule has 6 nitrogen and oxygen atoms in total. The number of halogens is 1. The molecule has 1 fully saturated rings. The molecule has 1 aliphatic heterocycles. The van der Waals surface area contributed by atoms with Gasteiger partial charge in [-0.15, -0.1) is 0 Å². The van der Waals surface area contributed by atoms with E-state index in [1.807, 2.05) is 38.1 Å². The number of H-pyrrole nitrogens is 1. The van der Waals surface area contributed by atoms with Gasteiger partial charge in [0.05, 0.1) is 12.3 Å². The third kappa shape index (κ3) is 7.05. The van der Waals surface area contributed by atoms with Gasteiger partial charge in [-0.25, -0.2) is 4.39 Å². The first kappa shape index (κ1) is 25.7. The molecule has 0 unspecified atom stereocenters. The number of aromatic nitrogens is 1. The molecule has 0 spiro atoms. The molecule has 1 aliphatic rings. The second-order valence-electron chi connectivity index (χ2n) is 7.99. The monoisotopic (exact) mass is 471 g/mol. The van der Waals surface area contributed by atoms with Crippen LogP contribution in [-0.2, 0) is 16.1 Å². The molecule has 0 radical (unpaired) electrons. The van der Waals surface area contributed by atoms with Gasteiger partial charge in [0.1, 0.15) is 30.5 Å². The zero-order valence-corrected chi connectivity index (χ0v) is 20.2. The van der Waals surface area contributed by atoms with E-state index in [1.165, 1.54) is 12.1 Å². The number of hydrogen-bond acceptors (Lipinski definition) is 5. The van der Waals surface area contributed by atoms with E-state index in [9.17, 15) is 9.18 Å². The molecule has 184 valence electrons. The van der Waals surface area contributed by atoms with Crippen LogP contribution < -0.4 is 14.9 Å². The van der Waals surface area contributed by atoms with E-state index in [1.54, 1.807) is 13.0 Å². The van der Waals surface area contributed by atoms with E-state index in [4.69, 9.17) is 18.9 Å². The van der Waals surface area contributed by atoms with E-state index >= 15 is 0 Å². The summed E-state index contributed by atoms with van der Waals surface area (Å²) in [5.74, 6) is 1.46. The number of ether oxygens (including phenoxy) is 4. The number of benzene rings is 2. The van der Waals surface area contributed by atoms with Crippen LogP contribution in [0.1, 0.15) is 37.9 Å². The Morgan fingerprint density at radius 1 is 1.03 bits per heavy atom. The zero-order chi connectivity index (χ0) is 24.3. The summed E-state index contributed by atoms with van der Waals surface area (Å²) in [7, 11) is 0. The first-order chi connectivity index (χ1) is 16.6. The van der Waals surface area contributed by atoms with Crippen LogP contribution in [0.4, 0.5) is 4.39 Å². The number of hydrogen-bond donors (Lipinski definition) is 1. The maximum Gasteiger partial charge on any atom is 0.192 e. The van der Waals surface area contributed by atoms with Crippen LogP contribution in [0, 0.1) is 18.7 Å². The van der Waals surface area contributed by atoms with Crippen molar-refractivity contribution in [1.82, 2.24) is 4.98 Å². The summed E-state index contributed by atoms with van der Waals surface area (Å²) in [5.41, 5.74) is 1.55. The largest absolute Gasteiger partial charge is 0.491 e. The summed E-state index contributed by atoms with van der Waals surface area (Å²) >= 11 is 0. The predicted octanol–water partition coefficient (Wildman–Crippen LogP) is 5.40. The molecule has 4 rings (SSSR count). The van der Waals surface area contributed by atoms with Crippen LogP contribution in [0.15, 0.2) is 47.3 Å². The first-order valence-electron chi connectivity index (χ1n) is 11.9. The fourth-order valence-electron chi connectivity index (χ4n) is 3.74. The molecule has 3 aromatic rings. The highest BCUT2D eigenvalue weighted by Gasteiger charge is 2.13. The summed E-state index contributed by atoms with van der Waals surface area (Å²) in [4.78, 5) is 15.7. The molecular weight excluding hydrogens is 437 g/mol. The molecular formula is C27H34FNO5. The Balaban J connectivity index is 0.00000158. The lowest BCUT2D eigenvalue weighted by Gasteiger charge is -2.21. The number of fused-ring (bicyclic) bond motifs is 1. The Hall–Kier alpha value is -2.90. The van der Waals surface area contributed by atoms with Crippen molar-refractivity contribution in [2.45, 2.75) is 40.2 Å². The maximum absolute atomic E-state index is 13.5. The smallest absolute Gasteiger partial charge is 0.192 e. The summed E-state index contributed by atoms with van der Waals surface area (Å²) in [6, 6.07) is 11.5. The van der Waals surface area contributed by atoms with Gasteiger partial charge in [0.2, 0.25) is 0 Å². The third-order valence-corrected chi connectivity index (χ3v) is 5.68. The summed E-state index contributed by atoms with van der Waals surface area (Å²) in [6.45, 7) is 9.27. The Kier molecular flexibility index (Phi) is 9.91. The Bertz CT molecular complexity index is 1110. The van der Waals surface area contributed by atoms with Gasteiger partial charge in [-0.1, -0.05) is 19.9 Å². The van der Waals surface area contributed by atoms with Gasteiger partial charge < -0.3 is 23.9 Å². The first-order valence-corrected chi connectivity index (χ1v) is 11.9. The quantitative estimate of drug-likeness (QED) is 0.423. The van der Waals surface area contributed by atoms with Gasteiger partial charge >= 0.3 is 0 Å². The van der Waals surface area contributed by atoms with Gasteiger partial charge in [-0.05, 0) is 56.0 Å². The summed E-state index contributed by atoms with van der Waals surface area (Å²) in [5, 5.41) is 0.334. The molecule has 1 N–H and O–H groups in total. The van der Waals surface area contributed by atoms with Crippen molar-refractivity contribution < 1.29 is 23.3 Å². The fourth-order valence-corrected chi connectivity index (χ4v) is 3.74. The van der Waals surface area contributed by atoms with E-state index in [2.05, 4.69) is 4.98 Å². The molecule has 34 heavy (non-hydrogen) atoms. The highest BCUT2D eigenvalue weighted by atomic mass is 19.1. The average molecular weight is 472 g/mol. The lowest BCUT2D eigenvalue weighted by atomic mass is 10.0. The van der Waals surface area contributed by atoms with E-state index in [0.717, 1.165) is 32.7 Å². The number of pyridine rings is 1. The van der Waals surface area contributed by atoms with Gasteiger partial charge in [0, 0.05) is 42.4 Å². The third-order valence-electron chi connectivity index (χ3n) is 5.68. The zero-order valence-electron chi connectivity index (χ0n) is 20.2. The molecule has 7 heteroatoms. The van der Waals surface area contributed by atoms with Crippen LogP contribution in [0.5, 0.6) is 11.5 Å². The van der Waals surface area contributed by atoms with Crippen LogP contribution in [-0.4, -0.2) is 38.0 Å². The second-order valence-corrected chi connectivity index (χ2v) is 7.99. The van der Waals surface area contributed by atoms with Gasteiger partial charge in [-0.2, -0.15) is 0 Å². The van der Waals surface area contributed by atoms with E-state index in [-0.39, 0.29) is 12.0 Å². The number of nitrogens with one attached hydrogen (secondary N) is 1. The molecule has 0 saturated carbocycles. The minimum Gasteiger partial charge on any atom is -0.491 e. The molecule has 1 saturated heterocycles. The van der Waals surface area contributed by atoms with Crippen LogP contribution in [0.2, 0.25) is 0 Å². The SMILES string of the molecule is CC.Cc1c(COc2cccc(OCCOCC3CCOCC3)c2)[nH]c2ccc(F)cc2c1=O. The molecule has 0 bridgehead atoms. The molecule has 0 atom stereocenters. The Morgan fingerprint density at radius 2 is 1.76 bits per heavy atom. The molecule has 2 aromatic carbocycles. The number of aromatic amines is 1. The van der Waals surface area contributed by atoms with Crippen molar-refractivity contribution in [1.29, 1.82) is 0 Å². The van der Waals surface area contributed by atoms with Gasteiger partial charge in [0.15, 0.2) is 5.43 Å². The lowest BCUT2D eigenvalue weighted by molar-refractivity contribution is 0.0139. The number of rotatable bonds is 9. The second kappa shape index (κ2) is 13.1. The van der Waals surface area contributed by atoms with Crippen molar-refractivity contribution in [2.24, 2.45) is 5.92 Å². The van der Waals surface area contributed by atoms with E-state index in [0.29, 0.717) is 52.8 Å². The standard InChI is InChI=1S/C25H28FNO5.C2H6/c1-17-24(27-23-6-5-19(26)13-22(23)25(17)28)16-32-21-4-2-3-20(14-21)31-12-11-30-15-18-7-9-29-10-8-18;1-2/h2-6,13-14,18H,7-12,15-16H2,1H3,(H,27,28);1-2H3. The Morgan fingerprint density at radius 3 is 2.53 bits per heavy atom. The van der Waals surface area contributed by atoms with Crippen LogP contribution in [0.25, 0.3) is 10.9 Å². The van der Waals surface area contributed by atoms with Crippen LogP contribution >= 0.6 is 0 Å². The average Bonchev–Trinajstić information content (AvgIpc) is 2.87. The van der Waals surface area contributed by atoms with Crippen molar-refractivity contribution in [3.8, 4) is 11.5 Å². The van der Waals surface area contributed by atoms with Crippen molar-refractivity contribution in [3.05, 3.63) is 69.8 Å². The highest BCUT2D eigenvalue weighted by molar-refractivity contribution is 5.79. The fraction of sp³-hybridized carbons (Fsp3) is 0.444. The summed E-state index contributed by atoms with van der Waals surface area (Å²) < 4.78 is 36.2. The predicted molar refractivity (Wildman–Crippen MR) is 131 cm³/mol. The van der Waals surface area contributed by atoms with Crippen molar-refractivity contribution in [3.63, 3.8) is 0 Å². The van der Waals surface area contributed by atoms with Gasteiger partial charge in [-0.3, -0.25) is 4.79 Å². The lowest BCUT2D eigenvalue weighted by Crippen LogP contribution is -2.21. The minimum absolute atomic E-state index is 0.187.